The lowest BCUT2D eigenvalue weighted by Crippen LogP contribution is -2.09. The van der Waals surface area contributed by atoms with E-state index in [1.807, 2.05) is 32.0 Å². The Morgan fingerprint density at radius 3 is 2.39 bits per heavy atom. The number of hydrogen-bond acceptors (Lipinski definition) is 3. The Labute approximate surface area is 108 Å². The van der Waals surface area contributed by atoms with Crippen LogP contribution in [-0.4, -0.2) is 19.2 Å². The first-order valence-electron chi connectivity index (χ1n) is 6.04. The van der Waals surface area contributed by atoms with Crippen molar-refractivity contribution < 1.29 is 14.3 Å². The van der Waals surface area contributed by atoms with Gasteiger partial charge in [-0.3, -0.25) is 0 Å². The number of esters is 1. The fourth-order valence-corrected chi connectivity index (χ4v) is 1.55. The minimum atomic E-state index is -0.345. The highest BCUT2D eigenvalue weighted by Gasteiger charge is 2.04. The Morgan fingerprint density at radius 2 is 1.83 bits per heavy atom. The SMILES string of the molecule is C=C(C)C(=O)OCCCOc1c(C)cccc1C. The van der Waals surface area contributed by atoms with Crippen LogP contribution >= 0.6 is 0 Å². The van der Waals surface area contributed by atoms with Crippen molar-refractivity contribution in [2.24, 2.45) is 0 Å². The summed E-state index contributed by atoms with van der Waals surface area (Å²) in [5.74, 6) is 0.575. The normalized spacial score (nSPS) is 9.94. The first-order valence-corrected chi connectivity index (χ1v) is 6.04. The molecular formula is C15H20O3. The summed E-state index contributed by atoms with van der Waals surface area (Å²) < 4.78 is 10.7. The van der Waals surface area contributed by atoms with Gasteiger partial charge in [-0.1, -0.05) is 24.8 Å². The van der Waals surface area contributed by atoms with Crippen LogP contribution < -0.4 is 4.74 Å². The van der Waals surface area contributed by atoms with Gasteiger partial charge in [0.2, 0.25) is 0 Å². The average molecular weight is 248 g/mol. The van der Waals surface area contributed by atoms with Crippen molar-refractivity contribution in [3.63, 3.8) is 0 Å². The maximum absolute atomic E-state index is 11.1. The Hall–Kier alpha value is -1.77. The van der Waals surface area contributed by atoms with Crippen LogP contribution in [0.25, 0.3) is 0 Å². The lowest BCUT2D eigenvalue weighted by molar-refractivity contribution is -0.139. The van der Waals surface area contributed by atoms with Gasteiger partial charge in [0.1, 0.15) is 5.75 Å². The van der Waals surface area contributed by atoms with Crippen molar-refractivity contribution in [1.29, 1.82) is 0 Å². The summed E-state index contributed by atoms with van der Waals surface area (Å²) in [5, 5.41) is 0. The molecule has 0 unspecified atom stereocenters. The third-order valence-electron chi connectivity index (χ3n) is 2.53. The predicted octanol–water partition coefficient (Wildman–Crippen LogP) is 3.19. The van der Waals surface area contributed by atoms with Crippen LogP contribution in [0.1, 0.15) is 24.5 Å². The first kappa shape index (κ1) is 14.3. The Bertz CT molecular complexity index is 415. The number of ether oxygens (including phenoxy) is 2. The van der Waals surface area contributed by atoms with E-state index in [4.69, 9.17) is 9.47 Å². The number of carbonyl (C=O) groups is 1. The van der Waals surface area contributed by atoms with Crippen LogP contribution in [0, 0.1) is 13.8 Å². The molecule has 0 atom stereocenters. The van der Waals surface area contributed by atoms with E-state index < -0.39 is 0 Å². The number of benzene rings is 1. The second-order valence-corrected chi connectivity index (χ2v) is 4.34. The highest BCUT2D eigenvalue weighted by molar-refractivity contribution is 5.86. The zero-order chi connectivity index (χ0) is 13.5. The van der Waals surface area contributed by atoms with Crippen molar-refractivity contribution in [1.82, 2.24) is 0 Å². The molecule has 3 nitrogen and oxygen atoms in total. The fraction of sp³-hybridized carbons (Fsp3) is 0.400. The van der Waals surface area contributed by atoms with Gasteiger partial charge < -0.3 is 9.47 Å². The predicted molar refractivity (Wildman–Crippen MR) is 71.8 cm³/mol. The largest absolute Gasteiger partial charge is 0.493 e. The van der Waals surface area contributed by atoms with Crippen LogP contribution in [0.2, 0.25) is 0 Å². The molecule has 3 heteroatoms. The van der Waals surface area contributed by atoms with Gasteiger partial charge in [0.05, 0.1) is 13.2 Å². The summed E-state index contributed by atoms with van der Waals surface area (Å²) in [6, 6.07) is 6.04. The summed E-state index contributed by atoms with van der Waals surface area (Å²) in [7, 11) is 0. The monoisotopic (exact) mass is 248 g/mol. The smallest absolute Gasteiger partial charge is 0.333 e. The Balaban J connectivity index is 2.30. The zero-order valence-electron chi connectivity index (χ0n) is 11.3. The quantitative estimate of drug-likeness (QED) is 0.440. The second-order valence-electron chi connectivity index (χ2n) is 4.34. The van der Waals surface area contributed by atoms with Crippen LogP contribution in [0.3, 0.4) is 0 Å². The lowest BCUT2D eigenvalue weighted by Gasteiger charge is -2.11. The summed E-state index contributed by atoms with van der Waals surface area (Å²) in [4.78, 5) is 11.1. The molecule has 18 heavy (non-hydrogen) atoms. The van der Waals surface area contributed by atoms with Crippen molar-refractivity contribution in [2.75, 3.05) is 13.2 Å². The van der Waals surface area contributed by atoms with Crippen molar-refractivity contribution in [2.45, 2.75) is 27.2 Å². The van der Waals surface area contributed by atoms with Crippen molar-refractivity contribution in [3.05, 3.63) is 41.5 Å². The van der Waals surface area contributed by atoms with Gasteiger partial charge in [0.25, 0.3) is 0 Å². The van der Waals surface area contributed by atoms with Crippen LogP contribution in [0.4, 0.5) is 0 Å². The minimum absolute atomic E-state index is 0.345. The first-order chi connectivity index (χ1) is 8.52. The van der Waals surface area contributed by atoms with Gasteiger partial charge in [0.15, 0.2) is 0 Å². The zero-order valence-corrected chi connectivity index (χ0v) is 11.3. The van der Waals surface area contributed by atoms with E-state index in [9.17, 15) is 4.79 Å². The standard InChI is InChI=1S/C15H20O3/c1-11(2)15(16)18-10-6-9-17-14-12(3)7-5-8-13(14)4/h5,7-8H,1,6,9-10H2,2-4H3. The summed E-state index contributed by atoms with van der Waals surface area (Å²) in [6.45, 7) is 10.1. The highest BCUT2D eigenvalue weighted by atomic mass is 16.5. The molecule has 0 spiro atoms. The van der Waals surface area contributed by atoms with Gasteiger partial charge in [0, 0.05) is 12.0 Å². The fourth-order valence-electron chi connectivity index (χ4n) is 1.55. The number of rotatable bonds is 6. The van der Waals surface area contributed by atoms with Crippen LogP contribution in [-0.2, 0) is 9.53 Å². The molecule has 0 aliphatic heterocycles. The van der Waals surface area contributed by atoms with Gasteiger partial charge in [-0.05, 0) is 31.9 Å². The maximum atomic E-state index is 11.1. The van der Waals surface area contributed by atoms with E-state index in [2.05, 4.69) is 6.58 Å². The summed E-state index contributed by atoms with van der Waals surface area (Å²) in [6.07, 6.45) is 0.673. The molecule has 1 aromatic rings. The topological polar surface area (TPSA) is 35.5 Å². The van der Waals surface area contributed by atoms with E-state index in [0.717, 1.165) is 16.9 Å². The molecule has 0 heterocycles. The number of para-hydroxylation sites is 1. The van der Waals surface area contributed by atoms with Gasteiger partial charge in [-0.25, -0.2) is 4.79 Å². The molecule has 0 amide bonds. The van der Waals surface area contributed by atoms with E-state index >= 15 is 0 Å². The molecular weight excluding hydrogens is 228 g/mol. The molecule has 0 fully saturated rings. The molecule has 0 aliphatic carbocycles. The Kier molecular flexibility index (Phi) is 5.43. The van der Waals surface area contributed by atoms with E-state index in [1.165, 1.54) is 0 Å². The number of carbonyl (C=O) groups excluding carboxylic acids is 1. The molecule has 0 saturated heterocycles. The van der Waals surface area contributed by atoms with E-state index in [1.54, 1.807) is 6.92 Å². The maximum Gasteiger partial charge on any atom is 0.333 e. The molecule has 0 bridgehead atoms. The van der Waals surface area contributed by atoms with Crippen LogP contribution in [0.15, 0.2) is 30.4 Å². The molecule has 0 aliphatic rings. The molecule has 1 aromatic carbocycles. The summed E-state index contributed by atoms with van der Waals surface area (Å²) >= 11 is 0. The number of aryl methyl sites for hydroxylation is 2. The lowest BCUT2D eigenvalue weighted by atomic mass is 10.1. The molecule has 0 aromatic heterocycles. The number of hydrogen-bond donors (Lipinski definition) is 0. The molecule has 0 N–H and O–H groups in total. The summed E-state index contributed by atoms with van der Waals surface area (Å²) in [5.41, 5.74) is 2.66. The highest BCUT2D eigenvalue weighted by Crippen LogP contribution is 2.22. The van der Waals surface area contributed by atoms with Crippen molar-refractivity contribution in [3.8, 4) is 5.75 Å². The van der Waals surface area contributed by atoms with Gasteiger partial charge in [-0.15, -0.1) is 0 Å². The molecule has 1 rings (SSSR count). The van der Waals surface area contributed by atoms with Crippen LogP contribution in [0.5, 0.6) is 5.75 Å². The second kappa shape index (κ2) is 6.84. The molecule has 98 valence electrons. The molecule has 0 saturated carbocycles. The van der Waals surface area contributed by atoms with E-state index in [0.29, 0.717) is 25.2 Å². The average Bonchev–Trinajstić information content (AvgIpc) is 2.31. The third-order valence-corrected chi connectivity index (χ3v) is 2.53. The molecule has 0 radical (unpaired) electrons. The van der Waals surface area contributed by atoms with Gasteiger partial charge >= 0.3 is 5.97 Å². The third kappa shape index (κ3) is 4.24. The van der Waals surface area contributed by atoms with Crippen molar-refractivity contribution >= 4 is 5.97 Å². The Morgan fingerprint density at radius 1 is 1.22 bits per heavy atom. The van der Waals surface area contributed by atoms with E-state index in [-0.39, 0.29) is 5.97 Å². The van der Waals surface area contributed by atoms with Gasteiger partial charge in [-0.2, -0.15) is 0 Å². The minimum Gasteiger partial charge on any atom is -0.493 e.